The maximum Gasteiger partial charge on any atom is 0.261 e. The molecule has 0 aromatic heterocycles. The minimum atomic E-state index is -3.72. The van der Waals surface area contributed by atoms with Crippen LogP contribution < -0.4 is 9.46 Å². The number of anilines is 1. The molecular weight excluding hydrogens is 460 g/mol. The van der Waals surface area contributed by atoms with Crippen molar-refractivity contribution in [2.45, 2.75) is 38.0 Å². The summed E-state index contributed by atoms with van der Waals surface area (Å²) in [5.74, 6) is 1.06. The van der Waals surface area contributed by atoms with Crippen molar-refractivity contribution >= 4 is 21.6 Å². The summed E-state index contributed by atoms with van der Waals surface area (Å²) in [6.45, 7) is 5.14. The molecule has 0 unspecified atom stereocenters. The topological polar surface area (TPSA) is 75.7 Å². The molecule has 1 N–H and O–H groups in total. The maximum absolute atomic E-state index is 12.8. The van der Waals surface area contributed by atoms with E-state index < -0.39 is 10.0 Å². The van der Waals surface area contributed by atoms with Gasteiger partial charge in [-0.05, 0) is 80.5 Å². The first-order valence-corrected chi connectivity index (χ1v) is 13.4. The lowest BCUT2D eigenvalue weighted by Gasteiger charge is -2.32. The van der Waals surface area contributed by atoms with E-state index in [0.29, 0.717) is 22.9 Å². The van der Waals surface area contributed by atoms with Crippen LogP contribution in [0.1, 0.15) is 29.5 Å². The molecule has 1 fully saturated rings. The molecule has 1 heterocycles. The Hall–Kier alpha value is -3.32. The lowest BCUT2D eigenvalue weighted by Crippen LogP contribution is -2.41. The first kappa shape index (κ1) is 24.8. The van der Waals surface area contributed by atoms with Gasteiger partial charge in [0.15, 0.2) is 6.61 Å². The average molecular weight is 493 g/mol. The summed E-state index contributed by atoms with van der Waals surface area (Å²) in [5, 5.41) is 0. The number of piperidine rings is 1. The minimum absolute atomic E-state index is 0.0414. The Kier molecular flexibility index (Phi) is 7.76. The van der Waals surface area contributed by atoms with E-state index in [1.807, 2.05) is 30.0 Å². The summed E-state index contributed by atoms with van der Waals surface area (Å²) in [5.41, 5.74) is 3.56. The van der Waals surface area contributed by atoms with Crippen LogP contribution in [0.4, 0.5) is 5.69 Å². The number of aryl methyl sites for hydroxylation is 2. The van der Waals surface area contributed by atoms with Gasteiger partial charge in [-0.3, -0.25) is 9.52 Å². The van der Waals surface area contributed by atoms with Gasteiger partial charge in [-0.15, -0.1) is 0 Å². The van der Waals surface area contributed by atoms with E-state index in [9.17, 15) is 13.2 Å². The molecule has 1 aliphatic heterocycles. The first-order valence-electron chi connectivity index (χ1n) is 11.9. The summed E-state index contributed by atoms with van der Waals surface area (Å²) in [4.78, 5) is 14.7. The summed E-state index contributed by atoms with van der Waals surface area (Å²) < 4.78 is 33.9. The number of nitrogens with one attached hydrogen (secondary N) is 1. The van der Waals surface area contributed by atoms with Crippen LogP contribution in [0.2, 0.25) is 0 Å². The minimum Gasteiger partial charge on any atom is -0.483 e. The molecule has 7 heteroatoms. The van der Waals surface area contributed by atoms with Crippen LogP contribution in [-0.2, 0) is 21.2 Å². The van der Waals surface area contributed by atoms with Crippen molar-refractivity contribution in [3.05, 3.63) is 89.5 Å². The van der Waals surface area contributed by atoms with Gasteiger partial charge in [0.1, 0.15) is 5.75 Å². The molecule has 0 atom stereocenters. The Morgan fingerprint density at radius 3 is 2.31 bits per heavy atom. The molecule has 1 saturated heterocycles. The molecule has 3 aromatic carbocycles. The number of amides is 1. The molecule has 1 aliphatic rings. The second kappa shape index (κ2) is 11.0. The zero-order chi connectivity index (χ0) is 24.8. The summed E-state index contributed by atoms with van der Waals surface area (Å²) in [6, 6.07) is 22.3. The molecule has 3 aromatic rings. The molecule has 0 bridgehead atoms. The predicted molar refractivity (Wildman–Crippen MR) is 138 cm³/mol. The third-order valence-corrected chi connectivity index (χ3v) is 7.83. The second-order valence-corrected chi connectivity index (χ2v) is 10.9. The Labute approximate surface area is 208 Å². The highest BCUT2D eigenvalue weighted by Crippen LogP contribution is 2.25. The maximum atomic E-state index is 12.8. The van der Waals surface area contributed by atoms with Crippen LogP contribution in [0.15, 0.2) is 77.7 Å². The van der Waals surface area contributed by atoms with E-state index >= 15 is 0 Å². The van der Waals surface area contributed by atoms with Crippen molar-refractivity contribution in [3.8, 4) is 5.75 Å². The number of hydrogen-bond donors (Lipinski definition) is 1. The Morgan fingerprint density at radius 1 is 0.971 bits per heavy atom. The molecule has 0 aliphatic carbocycles. The number of benzene rings is 3. The number of ether oxygens (including phenoxy) is 1. The highest BCUT2D eigenvalue weighted by Gasteiger charge is 2.23. The van der Waals surface area contributed by atoms with E-state index in [-0.39, 0.29) is 17.4 Å². The van der Waals surface area contributed by atoms with Crippen LogP contribution in [-0.4, -0.2) is 38.9 Å². The molecule has 0 saturated carbocycles. The zero-order valence-electron chi connectivity index (χ0n) is 20.2. The quantitative estimate of drug-likeness (QED) is 0.482. The van der Waals surface area contributed by atoms with Crippen molar-refractivity contribution < 1.29 is 17.9 Å². The van der Waals surface area contributed by atoms with Gasteiger partial charge in [-0.2, -0.15) is 0 Å². The second-order valence-electron chi connectivity index (χ2n) is 9.20. The monoisotopic (exact) mass is 492 g/mol. The van der Waals surface area contributed by atoms with Crippen molar-refractivity contribution in [1.82, 2.24) is 4.90 Å². The number of sulfonamides is 1. The van der Waals surface area contributed by atoms with Crippen LogP contribution in [0.25, 0.3) is 0 Å². The molecule has 6 nitrogen and oxygen atoms in total. The number of nitrogens with zero attached hydrogens (tertiary/aromatic N) is 1. The van der Waals surface area contributed by atoms with Gasteiger partial charge in [0, 0.05) is 18.8 Å². The first-order chi connectivity index (χ1) is 16.8. The number of likely N-dealkylation sites (tertiary alicyclic amines) is 1. The Bertz CT molecular complexity index is 1250. The third kappa shape index (κ3) is 6.63. The highest BCUT2D eigenvalue weighted by atomic mass is 32.2. The van der Waals surface area contributed by atoms with E-state index in [0.717, 1.165) is 37.9 Å². The molecule has 0 radical (unpaired) electrons. The summed E-state index contributed by atoms with van der Waals surface area (Å²) in [7, 11) is -3.72. The smallest absolute Gasteiger partial charge is 0.261 e. The van der Waals surface area contributed by atoms with Gasteiger partial charge >= 0.3 is 0 Å². The SMILES string of the molecule is Cc1ccc(NS(=O)(=O)c2ccc(OCC(=O)N3CCC(Cc4ccccc4)CC3)c(C)c2)cc1. The molecule has 35 heavy (non-hydrogen) atoms. The van der Waals surface area contributed by atoms with Crippen molar-refractivity contribution in [1.29, 1.82) is 0 Å². The third-order valence-electron chi connectivity index (χ3n) is 6.45. The van der Waals surface area contributed by atoms with Gasteiger partial charge in [-0.1, -0.05) is 48.0 Å². The van der Waals surface area contributed by atoms with Gasteiger partial charge < -0.3 is 9.64 Å². The molecule has 184 valence electrons. The van der Waals surface area contributed by atoms with Crippen molar-refractivity contribution in [3.63, 3.8) is 0 Å². The fourth-order valence-electron chi connectivity index (χ4n) is 4.35. The fourth-order valence-corrected chi connectivity index (χ4v) is 5.49. The summed E-state index contributed by atoms with van der Waals surface area (Å²) in [6.07, 6.45) is 3.02. The lowest BCUT2D eigenvalue weighted by atomic mass is 9.90. The Balaban J connectivity index is 1.29. The van der Waals surface area contributed by atoms with Crippen LogP contribution in [0, 0.1) is 19.8 Å². The molecule has 0 spiro atoms. The highest BCUT2D eigenvalue weighted by molar-refractivity contribution is 7.92. The van der Waals surface area contributed by atoms with Crippen LogP contribution in [0.5, 0.6) is 5.75 Å². The average Bonchev–Trinajstić information content (AvgIpc) is 2.85. The molecule has 4 rings (SSSR count). The number of carbonyl (C=O) groups excluding carboxylic acids is 1. The molecule has 1 amide bonds. The van der Waals surface area contributed by atoms with Gasteiger partial charge in [0.05, 0.1) is 4.90 Å². The van der Waals surface area contributed by atoms with Crippen molar-refractivity contribution in [2.24, 2.45) is 5.92 Å². The standard InChI is InChI=1S/C28H32N2O4S/c1-21-8-10-25(11-9-21)29-35(32,33)26-12-13-27(22(2)18-26)34-20-28(31)30-16-14-24(15-17-30)19-23-6-4-3-5-7-23/h3-13,18,24,29H,14-17,19-20H2,1-2H3. The van der Waals surface area contributed by atoms with E-state index in [1.165, 1.54) is 11.6 Å². The van der Waals surface area contributed by atoms with Gasteiger partial charge in [0.2, 0.25) is 0 Å². The van der Waals surface area contributed by atoms with Crippen LogP contribution >= 0.6 is 0 Å². The van der Waals surface area contributed by atoms with Crippen LogP contribution in [0.3, 0.4) is 0 Å². The van der Waals surface area contributed by atoms with Gasteiger partial charge in [0.25, 0.3) is 15.9 Å². The predicted octanol–water partition coefficient (Wildman–Crippen LogP) is 4.96. The van der Waals surface area contributed by atoms with Crippen molar-refractivity contribution in [2.75, 3.05) is 24.4 Å². The zero-order valence-corrected chi connectivity index (χ0v) is 21.1. The van der Waals surface area contributed by atoms with E-state index in [4.69, 9.17) is 4.74 Å². The summed E-state index contributed by atoms with van der Waals surface area (Å²) >= 11 is 0. The molecular formula is C28H32N2O4S. The largest absolute Gasteiger partial charge is 0.483 e. The van der Waals surface area contributed by atoms with E-state index in [1.54, 1.807) is 31.2 Å². The lowest BCUT2D eigenvalue weighted by molar-refractivity contribution is -0.134. The Morgan fingerprint density at radius 2 is 1.66 bits per heavy atom. The number of carbonyl (C=O) groups is 1. The number of rotatable bonds is 8. The number of hydrogen-bond acceptors (Lipinski definition) is 4. The van der Waals surface area contributed by atoms with E-state index in [2.05, 4.69) is 29.0 Å². The fraction of sp³-hybridized carbons (Fsp3) is 0.321. The van der Waals surface area contributed by atoms with Gasteiger partial charge in [-0.25, -0.2) is 8.42 Å². The normalized spacial score (nSPS) is 14.5.